The van der Waals surface area contributed by atoms with E-state index in [1.807, 2.05) is 25.1 Å². The highest BCUT2D eigenvalue weighted by Gasteiger charge is 2.17. The van der Waals surface area contributed by atoms with Gasteiger partial charge >= 0.3 is 7.12 Å². The molecule has 0 aliphatic heterocycles. The van der Waals surface area contributed by atoms with Crippen molar-refractivity contribution >= 4 is 12.6 Å². The summed E-state index contributed by atoms with van der Waals surface area (Å²) in [6.45, 7) is 2.36. The molecule has 0 radical (unpaired) electrons. The fourth-order valence-corrected chi connectivity index (χ4v) is 1.83. The molecule has 2 rings (SSSR count). The minimum absolute atomic E-state index is 0.395. The van der Waals surface area contributed by atoms with Crippen LogP contribution in [0.25, 0.3) is 0 Å². The van der Waals surface area contributed by atoms with Crippen molar-refractivity contribution in [1.29, 1.82) is 0 Å². The number of aromatic nitrogens is 1. The molecular formula is C14H16BNO3. The van der Waals surface area contributed by atoms with Crippen LogP contribution >= 0.6 is 0 Å². The lowest BCUT2D eigenvalue weighted by Gasteiger charge is -2.11. The molecule has 0 unspecified atom stereocenters. The van der Waals surface area contributed by atoms with Crippen LogP contribution in [0.5, 0.6) is 5.75 Å². The summed E-state index contributed by atoms with van der Waals surface area (Å²) >= 11 is 0. The third-order valence-electron chi connectivity index (χ3n) is 2.81. The quantitative estimate of drug-likeness (QED) is 0.773. The van der Waals surface area contributed by atoms with Gasteiger partial charge in [-0.25, -0.2) is 0 Å². The molecule has 0 fully saturated rings. The summed E-state index contributed by atoms with van der Waals surface area (Å²) < 4.78 is 5.61. The first-order chi connectivity index (χ1) is 9.16. The second kappa shape index (κ2) is 6.36. The third-order valence-corrected chi connectivity index (χ3v) is 2.81. The molecule has 0 saturated carbocycles. The predicted octanol–water partition coefficient (Wildman–Crippen LogP) is 0.691. The Hall–Kier alpha value is -1.85. The molecule has 0 aliphatic rings. The van der Waals surface area contributed by atoms with Crippen molar-refractivity contribution in [1.82, 2.24) is 4.98 Å². The molecule has 0 saturated heterocycles. The number of hydrogen-bond acceptors (Lipinski definition) is 4. The standard InChI is InChI=1S/C14H16BNO3/c1-11-4-5-14(13(9-11)15(17)18)19-8-6-12-3-2-7-16-10-12/h2-5,7,9-10,17-18H,6,8H2,1H3. The first-order valence-corrected chi connectivity index (χ1v) is 6.15. The topological polar surface area (TPSA) is 62.6 Å². The van der Waals surface area contributed by atoms with Gasteiger partial charge in [0.05, 0.1) is 6.61 Å². The normalized spacial score (nSPS) is 10.3. The van der Waals surface area contributed by atoms with Gasteiger partial charge in [-0.3, -0.25) is 4.98 Å². The van der Waals surface area contributed by atoms with Crippen LogP contribution in [0.2, 0.25) is 0 Å². The zero-order valence-corrected chi connectivity index (χ0v) is 10.8. The van der Waals surface area contributed by atoms with E-state index in [9.17, 15) is 10.0 Å². The molecule has 19 heavy (non-hydrogen) atoms. The molecule has 0 aliphatic carbocycles. The largest absolute Gasteiger partial charge is 0.494 e. The van der Waals surface area contributed by atoms with E-state index in [0.717, 1.165) is 17.5 Å². The highest BCUT2D eigenvalue weighted by atomic mass is 16.5. The zero-order chi connectivity index (χ0) is 13.7. The van der Waals surface area contributed by atoms with Crippen molar-refractivity contribution < 1.29 is 14.8 Å². The number of ether oxygens (including phenoxy) is 1. The van der Waals surface area contributed by atoms with Crippen LogP contribution in [0, 0.1) is 6.92 Å². The van der Waals surface area contributed by atoms with E-state index in [-0.39, 0.29) is 0 Å². The van der Waals surface area contributed by atoms with E-state index in [4.69, 9.17) is 4.74 Å². The fourth-order valence-electron chi connectivity index (χ4n) is 1.83. The minimum atomic E-state index is -1.52. The average molecular weight is 257 g/mol. The van der Waals surface area contributed by atoms with E-state index in [0.29, 0.717) is 17.8 Å². The summed E-state index contributed by atoms with van der Waals surface area (Å²) in [7, 11) is -1.52. The summed E-state index contributed by atoms with van der Waals surface area (Å²) in [4.78, 5) is 4.03. The number of hydrogen-bond donors (Lipinski definition) is 2. The highest BCUT2D eigenvalue weighted by molar-refractivity contribution is 6.59. The smallest absolute Gasteiger partial charge is 0.492 e. The molecule has 5 heteroatoms. The maximum Gasteiger partial charge on any atom is 0.492 e. The van der Waals surface area contributed by atoms with Crippen LogP contribution in [-0.2, 0) is 6.42 Å². The molecule has 0 bridgehead atoms. The Morgan fingerprint density at radius 3 is 2.79 bits per heavy atom. The number of rotatable bonds is 5. The van der Waals surface area contributed by atoms with Gasteiger partial charge in [-0.1, -0.05) is 23.8 Å². The van der Waals surface area contributed by atoms with Gasteiger partial charge in [-0.2, -0.15) is 0 Å². The van der Waals surface area contributed by atoms with Crippen molar-refractivity contribution in [3.05, 3.63) is 53.9 Å². The second-order valence-electron chi connectivity index (χ2n) is 4.37. The molecule has 0 spiro atoms. The summed E-state index contributed by atoms with van der Waals surface area (Å²) in [6, 6.07) is 9.21. The fraction of sp³-hybridized carbons (Fsp3) is 0.214. The molecule has 0 amide bonds. The van der Waals surface area contributed by atoms with Crippen LogP contribution in [0.1, 0.15) is 11.1 Å². The van der Waals surface area contributed by atoms with Gasteiger partial charge in [-0.15, -0.1) is 0 Å². The van der Waals surface area contributed by atoms with Gasteiger partial charge < -0.3 is 14.8 Å². The summed E-state index contributed by atoms with van der Waals surface area (Å²) in [5, 5.41) is 18.6. The maximum absolute atomic E-state index is 9.31. The monoisotopic (exact) mass is 257 g/mol. The molecular weight excluding hydrogens is 241 g/mol. The Morgan fingerprint density at radius 2 is 2.11 bits per heavy atom. The van der Waals surface area contributed by atoms with Gasteiger partial charge in [-0.05, 0) is 24.6 Å². The van der Waals surface area contributed by atoms with Crippen molar-refractivity contribution in [3.8, 4) is 5.75 Å². The lowest BCUT2D eigenvalue weighted by atomic mass is 9.79. The van der Waals surface area contributed by atoms with E-state index in [1.165, 1.54) is 0 Å². The van der Waals surface area contributed by atoms with Crippen molar-refractivity contribution in [2.45, 2.75) is 13.3 Å². The van der Waals surface area contributed by atoms with Crippen LogP contribution < -0.4 is 10.2 Å². The van der Waals surface area contributed by atoms with Crippen molar-refractivity contribution in [2.24, 2.45) is 0 Å². The SMILES string of the molecule is Cc1ccc(OCCc2cccnc2)c(B(O)O)c1. The van der Waals surface area contributed by atoms with Gasteiger partial charge in [0.2, 0.25) is 0 Å². The Balaban J connectivity index is 2.00. The molecule has 98 valence electrons. The Labute approximate surface area is 112 Å². The lowest BCUT2D eigenvalue weighted by Crippen LogP contribution is -2.32. The van der Waals surface area contributed by atoms with E-state index >= 15 is 0 Å². The number of pyridine rings is 1. The first-order valence-electron chi connectivity index (χ1n) is 6.15. The lowest BCUT2D eigenvalue weighted by molar-refractivity contribution is 0.322. The van der Waals surface area contributed by atoms with Crippen LogP contribution in [-0.4, -0.2) is 28.8 Å². The molecule has 2 aromatic rings. The molecule has 0 atom stereocenters. The Bertz CT molecular complexity index is 531. The number of aryl methyl sites for hydroxylation is 1. The van der Waals surface area contributed by atoms with Gasteiger partial charge in [0.15, 0.2) is 0 Å². The second-order valence-corrected chi connectivity index (χ2v) is 4.37. The van der Waals surface area contributed by atoms with Crippen molar-refractivity contribution in [2.75, 3.05) is 6.61 Å². The van der Waals surface area contributed by atoms with E-state index in [1.54, 1.807) is 24.5 Å². The summed E-state index contributed by atoms with van der Waals surface area (Å²) in [6.07, 6.45) is 4.24. The molecule has 1 aromatic carbocycles. The first kappa shape index (κ1) is 13.6. The van der Waals surface area contributed by atoms with Crippen LogP contribution in [0.3, 0.4) is 0 Å². The van der Waals surface area contributed by atoms with Crippen molar-refractivity contribution in [3.63, 3.8) is 0 Å². The number of nitrogens with zero attached hydrogens (tertiary/aromatic N) is 1. The van der Waals surface area contributed by atoms with Gasteiger partial charge in [0.1, 0.15) is 5.75 Å². The minimum Gasteiger partial charge on any atom is -0.494 e. The van der Waals surface area contributed by atoms with Crippen LogP contribution in [0.15, 0.2) is 42.7 Å². The Morgan fingerprint density at radius 1 is 1.26 bits per heavy atom. The summed E-state index contributed by atoms with van der Waals surface area (Å²) in [5.74, 6) is 0.504. The van der Waals surface area contributed by atoms with Gasteiger partial charge in [0.25, 0.3) is 0 Å². The average Bonchev–Trinajstić information content (AvgIpc) is 2.41. The van der Waals surface area contributed by atoms with E-state index in [2.05, 4.69) is 4.98 Å². The number of benzene rings is 1. The van der Waals surface area contributed by atoms with Crippen LogP contribution in [0.4, 0.5) is 0 Å². The maximum atomic E-state index is 9.31. The molecule has 4 nitrogen and oxygen atoms in total. The molecule has 1 aromatic heterocycles. The molecule has 1 heterocycles. The highest BCUT2D eigenvalue weighted by Crippen LogP contribution is 2.10. The third kappa shape index (κ3) is 3.81. The van der Waals surface area contributed by atoms with Gasteiger partial charge in [0, 0.05) is 24.3 Å². The summed E-state index contributed by atoms with van der Waals surface area (Å²) in [5.41, 5.74) is 2.44. The Kier molecular flexibility index (Phi) is 4.55. The molecule has 2 N–H and O–H groups in total. The van der Waals surface area contributed by atoms with E-state index < -0.39 is 7.12 Å². The predicted molar refractivity (Wildman–Crippen MR) is 74.4 cm³/mol. The zero-order valence-electron chi connectivity index (χ0n) is 10.8.